The molecule has 1 rings (SSSR count). The van der Waals surface area contributed by atoms with E-state index in [1.54, 1.807) is 6.92 Å². The Morgan fingerprint density at radius 2 is 2.14 bits per heavy atom. The highest BCUT2D eigenvalue weighted by atomic mass is 32.2. The number of nitrogens with zero attached hydrogens (tertiary/aromatic N) is 2. The Morgan fingerprint density at radius 3 is 2.62 bits per heavy atom. The zero-order valence-electron chi connectivity index (χ0n) is 11.9. The number of benzene rings is 1. The van der Waals surface area contributed by atoms with Crippen LogP contribution in [0.15, 0.2) is 23.1 Å². The van der Waals surface area contributed by atoms with Crippen molar-refractivity contribution in [3.8, 4) is 0 Å². The van der Waals surface area contributed by atoms with Crippen molar-refractivity contribution in [2.24, 2.45) is 5.84 Å². The van der Waals surface area contributed by atoms with E-state index < -0.39 is 14.9 Å². The van der Waals surface area contributed by atoms with Crippen LogP contribution in [0.4, 0.5) is 11.4 Å². The smallest absolute Gasteiger partial charge is 0.293 e. The highest BCUT2D eigenvalue weighted by Crippen LogP contribution is 2.28. The number of hydrogen-bond acceptors (Lipinski definition) is 7. The summed E-state index contributed by atoms with van der Waals surface area (Å²) in [6, 6.07) is 3.01. The molecule has 0 fully saturated rings. The van der Waals surface area contributed by atoms with Gasteiger partial charge in [-0.25, -0.2) is 8.42 Å². The van der Waals surface area contributed by atoms with Gasteiger partial charge in [-0.05, 0) is 19.1 Å². The molecule has 0 saturated carbocycles. The molecule has 0 aliphatic carbocycles. The summed E-state index contributed by atoms with van der Waals surface area (Å²) < 4.78 is 30.9. The molecule has 118 valence electrons. The van der Waals surface area contributed by atoms with Crippen molar-refractivity contribution in [1.82, 2.24) is 4.31 Å². The van der Waals surface area contributed by atoms with Crippen LogP contribution in [0.1, 0.15) is 6.92 Å². The number of nitrogens with two attached hydrogens (primary N) is 1. The third-order valence-corrected chi connectivity index (χ3v) is 4.99. The first-order valence-electron chi connectivity index (χ1n) is 5.97. The van der Waals surface area contributed by atoms with Crippen LogP contribution in [-0.4, -0.2) is 44.5 Å². The summed E-state index contributed by atoms with van der Waals surface area (Å²) in [6.45, 7) is 1.92. The summed E-state index contributed by atoms with van der Waals surface area (Å²) in [5, 5.41) is 10.8. The second-order valence-electron chi connectivity index (χ2n) is 4.41. The molecule has 0 heterocycles. The second-order valence-corrected chi connectivity index (χ2v) is 6.40. The van der Waals surface area contributed by atoms with Gasteiger partial charge in [0.25, 0.3) is 5.69 Å². The zero-order chi connectivity index (χ0) is 16.2. The fourth-order valence-corrected chi connectivity index (χ4v) is 3.07. The van der Waals surface area contributed by atoms with E-state index in [2.05, 4.69) is 5.43 Å². The molecule has 9 nitrogen and oxygen atoms in total. The first-order valence-corrected chi connectivity index (χ1v) is 7.41. The molecule has 1 unspecified atom stereocenters. The SMILES string of the molecule is COCC(C)N(C)S(=O)(=O)c1ccc([N+](=O)[O-])c(NN)c1. The number of nitro groups is 1. The molecule has 21 heavy (non-hydrogen) atoms. The maximum atomic E-state index is 12.4. The minimum atomic E-state index is -3.80. The van der Waals surface area contributed by atoms with Crippen molar-refractivity contribution < 1.29 is 18.1 Å². The van der Waals surface area contributed by atoms with Crippen LogP contribution in [0, 0.1) is 10.1 Å². The first-order chi connectivity index (χ1) is 9.75. The van der Waals surface area contributed by atoms with Crippen molar-refractivity contribution in [2.45, 2.75) is 17.9 Å². The summed E-state index contributed by atoms with van der Waals surface area (Å²) in [4.78, 5) is 10.1. The van der Waals surface area contributed by atoms with Gasteiger partial charge in [-0.2, -0.15) is 4.31 Å². The van der Waals surface area contributed by atoms with E-state index in [-0.39, 0.29) is 28.9 Å². The Bertz CT molecular complexity index is 619. The van der Waals surface area contributed by atoms with E-state index >= 15 is 0 Å². The highest BCUT2D eigenvalue weighted by Gasteiger charge is 2.27. The average Bonchev–Trinajstić information content (AvgIpc) is 2.45. The van der Waals surface area contributed by atoms with Crippen molar-refractivity contribution in [1.29, 1.82) is 0 Å². The van der Waals surface area contributed by atoms with Gasteiger partial charge in [-0.3, -0.25) is 16.0 Å². The number of nitro benzene ring substituents is 1. The van der Waals surface area contributed by atoms with Gasteiger partial charge < -0.3 is 10.2 Å². The molecule has 1 aromatic rings. The third-order valence-electron chi connectivity index (χ3n) is 3.03. The molecule has 0 spiro atoms. The molecule has 0 aliphatic rings. The minimum absolute atomic E-state index is 0.0751. The van der Waals surface area contributed by atoms with E-state index in [4.69, 9.17) is 10.6 Å². The van der Waals surface area contributed by atoms with E-state index in [1.807, 2.05) is 0 Å². The van der Waals surface area contributed by atoms with Gasteiger partial charge in [-0.1, -0.05) is 0 Å². The number of hydrogen-bond donors (Lipinski definition) is 2. The summed E-state index contributed by atoms with van der Waals surface area (Å²) in [5.74, 6) is 5.20. The Labute approximate surface area is 122 Å². The van der Waals surface area contributed by atoms with Crippen LogP contribution >= 0.6 is 0 Å². The van der Waals surface area contributed by atoms with Gasteiger partial charge >= 0.3 is 0 Å². The third kappa shape index (κ3) is 3.67. The summed E-state index contributed by atoms with van der Waals surface area (Å²) >= 11 is 0. The topological polar surface area (TPSA) is 128 Å². The Balaban J connectivity index is 3.23. The largest absolute Gasteiger partial charge is 0.383 e. The number of rotatable bonds is 7. The maximum absolute atomic E-state index is 12.4. The highest BCUT2D eigenvalue weighted by molar-refractivity contribution is 7.89. The van der Waals surface area contributed by atoms with Gasteiger partial charge in [0.15, 0.2) is 0 Å². The summed E-state index contributed by atoms with van der Waals surface area (Å²) in [7, 11) is -0.916. The molecular formula is C11H18N4O5S. The van der Waals surface area contributed by atoms with Crippen LogP contribution in [0.2, 0.25) is 0 Å². The number of ether oxygens (including phenoxy) is 1. The number of methoxy groups -OCH3 is 1. The monoisotopic (exact) mass is 318 g/mol. The fraction of sp³-hybridized carbons (Fsp3) is 0.455. The van der Waals surface area contributed by atoms with Crippen LogP contribution in [0.3, 0.4) is 0 Å². The van der Waals surface area contributed by atoms with Crippen molar-refractivity contribution in [3.63, 3.8) is 0 Å². The van der Waals surface area contributed by atoms with E-state index in [1.165, 1.54) is 20.2 Å². The van der Waals surface area contributed by atoms with Gasteiger partial charge in [-0.15, -0.1) is 0 Å². The number of nitrogen functional groups attached to an aromatic ring is 1. The Kier molecular flexibility index (Phi) is 5.61. The van der Waals surface area contributed by atoms with Crippen molar-refractivity contribution >= 4 is 21.4 Å². The van der Waals surface area contributed by atoms with Crippen molar-refractivity contribution in [3.05, 3.63) is 28.3 Å². The number of sulfonamides is 1. The predicted octanol–water partition coefficient (Wildman–Crippen LogP) is 0.536. The summed E-state index contributed by atoms with van der Waals surface area (Å²) in [6.07, 6.45) is 0. The number of hydrazine groups is 1. The summed E-state index contributed by atoms with van der Waals surface area (Å²) in [5.41, 5.74) is 1.76. The lowest BCUT2D eigenvalue weighted by molar-refractivity contribution is -0.384. The van der Waals surface area contributed by atoms with Gasteiger partial charge in [0.1, 0.15) is 5.69 Å². The normalized spacial score (nSPS) is 13.2. The molecule has 0 aromatic heterocycles. The lowest BCUT2D eigenvalue weighted by Gasteiger charge is -2.23. The maximum Gasteiger partial charge on any atom is 0.293 e. The number of nitrogens with one attached hydrogen (secondary N) is 1. The first kappa shape index (κ1) is 17.3. The zero-order valence-corrected chi connectivity index (χ0v) is 12.8. The van der Waals surface area contributed by atoms with Crippen LogP contribution in [0.5, 0.6) is 0 Å². The molecule has 1 aromatic carbocycles. The standard InChI is InChI=1S/C11H18N4O5S/c1-8(7-20-3)14(2)21(18,19)9-4-5-11(15(16)17)10(6-9)13-12/h4-6,8,13H,7,12H2,1-3H3. The van der Waals surface area contributed by atoms with Gasteiger partial charge in [0.2, 0.25) is 10.0 Å². The lowest BCUT2D eigenvalue weighted by Crippen LogP contribution is -2.37. The van der Waals surface area contributed by atoms with E-state index in [0.717, 1.165) is 16.4 Å². The molecule has 10 heteroatoms. The van der Waals surface area contributed by atoms with E-state index in [0.29, 0.717) is 0 Å². The molecular weight excluding hydrogens is 300 g/mol. The number of anilines is 1. The quantitative estimate of drug-likeness (QED) is 0.426. The van der Waals surface area contributed by atoms with Crippen LogP contribution in [-0.2, 0) is 14.8 Å². The van der Waals surface area contributed by atoms with Gasteiger partial charge in [0, 0.05) is 26.3 Å². The molecule has 3 N–H and O–H groups in total. The molecule has 0 radical (unpaired) electrons. The van der Waals surface area contributed by atoms with Crippen LogP contribution in [0.25, 0.3) is 0 Å². The number of likely N-dealkylation sites (N-methyl/N-ethyl adjacent to an activating group) is 1. The lowest BCUT2D eigenvalue weighted by atomic mass is 10.3. The molecule has 0 saturated heterocycles. The fourth-order valence-electron chi connectivity index (χ4n) is 1.70. The molecule has 0 aliphatic heterocycles. The van der Waals surface area contributed by atoms with Gasteiger partial charge in [0.05, 0.1) is 16.4 Å². The molecule has 1 atom stereocenters. The molecule has 0 bridgehead atoms. The average molecular weight is 318 g/mol. The predicted molar refractivity (Wildman–Crippen MR) is 77.2 cm³/mol. The van der Waals surface area contributed by atoms with E-state index in [9.17, 15) is 18.5 Å². The van der Waals surface area contributed by atoms with Crippen LogP contribution < -0.4 is 11.3 Å². The Hall–Kier alpha value is -1.75. The Morgan fingerprint density at radius 1 is 1.52 bits per heavy atom. The van der Waals surface area contributed by atoms with Crippen molar-refractivity contribution in [2.75, 3.05) is 26.2 Å². The molecule has 0 amide bonds. The minimum Gasteiger partial charge on any atom is -0.383 e. The second kappa shape index (κ2) is 6.80.